The van der Waals surface area contributed by atoms with Crippen LogP contribution in [0.5, 0.6) is 0 Å². The number of thiophene rings is 16. The van der Waals surface area contributed by atoms with Crippen molar-refractivity contribution in [2.75, 3.05) is 0 Å². The Balaban J connectivity index is 0.000000128. The van der Waals surface area contributed by atoms with Crippen LogP contribution in [0.25, 0.3) is 155 Å². The Hall–Kier alpha value is 1.60. The minimum Gasteiger partial charge on any atom is -0.139 e. The molecule has 2 aromatic carbocycles. The van der Waals surface area contributed by atoms with Crippen LogP contribution in [0.15, 0.2) is 66.4 Å². The lowest BCUT2D eigenvalue weighted by molar-refractivity contribution is 1.66. The summed E-state index contributed by atoms with van der Waals surface area (Å²) in [6, 6.07) is 19.2. The van der Waals surface area contributed by atoms with E-state index >= 15 is 0 Å². The molecule has 0 N–H and O–H groups in total. The highest BCUT2D eigenvalue weighted by molar-refractivity contribution is 14.1. The summed E-state index contributed by atoms with van der Waals surface area (Å²) < 4.78 is 38.7. The van der Waals surface area contributed by atoms with Crippen LogP contribution in [0.4, 0.5) is 0 Å². The van der Waals surface area contributed by atoms with Crippen LogP contribution >= 0.6 is 335 Å². The van der Waals surface area contributed by atoms with Gasteiger partial charge in [-0.2, -0.15) is 0 Å². The molecular formula is C56H20Br4I4S16. The Bertz CT molecular complexity index is 5040. The van der Waals surface area contributed by atoms with Crippen molar-refractivity contribution in [1.29, 1.82) is 0 Å². The third kappa shape index (κ3) is 8.42. The number of fused-ring (bicyclic) bond motifs is 16. The molecule has 16 aromatic heterocycles. The number of rotatable bonds is 4. The molecule has 0 aliphatic heterocycles. The quantitative estimate of drug-likeness (QED) is 0.154. The highest BCUT2D eigenvalue weighted by Gasteiger charge is 2.28. The van der Waals surface area contributed by atoms with Gasteiger partial charge in [-0.15, -0.1) is 181 Å². The van der Waals surface area contributed by atoms with Gasteiger partial charge < -0.3 is 0 Å². The van der Waals surface area contributed by atoms with Gasteiger partial charge in [-0.25, -0.2) is 0 Å². The van der Waals surface area contributed by atoms with Crippen molar-refractivity contribution in [3.63, 3.8) is 0 Å². The summed E-state index contributed by atoms with van der Waals surface area (Å²) in [5.41, 5.74) is 0. The molecule has 0 bridgehead atoms. The molecule has 0 unspecified atom stereocenters. The maximum absolute atomic E-state index is 4.01. The van der Waals surface area contributed by atoms with Gasteiger partial charge in [-0.3, -0.25) is 0 Å². The normalized spacial score (nSPS) is 12.8. The van der Waals surface area contributed by atoms with E-state index in [1.807, 2.05) is 181 Å². The maximum Gasteiger partial charge on any atom is 0.0618 e. The molecule has 0 spiro atoms. The summed E-state index contributed by atoms with van der Waals surface area (Å²) in [7, 11) is 0. The number of hydrogen-bond acceptors (Lipinski definition) is 16. The summed E-state index contributed by atoms with van der Waals surface area (Å²) in [6.07, 6.45) is 0. The zero-order valence-electron chi connectivity index (χ0n) is 40.2. The van der Waals surface area contributed by atoms with Crippen molar-refractivity contribution in [3.8, 4) is 39.0 Å². The minimum absolute atomic E-state index is 1.23. The Labute approximate surface area is 606 Å². The van der Waals surface area contributed by atoms with Crippen LogP contribution in [0, 0.1) is 42.0 Å². The molecule has 18 rings (SSSR count). The molecule has 16 heterocycles. The Morgan fingerprint density at radius 1 is 0.225 bits per heavy atom. The molecule has 24 heteroatoms. The number of benzene rings is 2. The maximum atomic E-state index is 4.01. The first-order chi connectivity index (χ1) is 38.5. The lowest BCUT2D eigenvalue weighted by atomic mass is 10.2. The summed E-state index contributed by atoms with van der Waals surface area (Å²) in [5, 5.41) is 5.60. The lowest BCUT2D eigenvalue weighted by Crippen LogP contribution is -1.73. The summed E-state index contributed by atoms with van der Waals surface area (Å²) in [5.74, 6) is 0. The van der Waals surface area contributed by atoms with E-state index in [0.29, 0.717) is 0 Å². The predicted octanol–water partition coefficient (Wildman–Crippen LogP) is 31.6. The van der Waals surface area contributed by atoms with Crippen molar-refractivity contribution in [1.82, 2.24) is 0 Å². The highest BCUT2D eigenvalue weighted by atomic mass is 127. The van der Waals surface area contributed by atoms with Crippen LogP contribution in [0.3, 0.4) is 0 Å². The summed E-state index contributed by atoms with van der Waals surface area (Å²) >= 11 is 57.2. The Kier molecular flexibility index (Phi) is 14.3. The Morgan fingerprint density at radius 2 is 0.463 bits per heavy atom. The molecule has 0 saturated heterocycles. The third-order valence-corrected chi connectivity index (χ3v) is 46.4. The standard InChI is InChI=1S/C28H10Br4S8.C28H10I4S8/c2*1-7-3-13-21(33-7)15(29)25(37-13)27-17(31)23-19(39-27)9-5-12-10(6-11(9)35-23)20-24(36-12)18(32)28(40-20)26-16(30)22-14(38-26)4-8(2)34-22/h2*3-6H,1-2H3. The molecule has 0 aliphatic rings. The molecule has 0 atom stereocenters. The van der Waals surface area contributed by atoms with Gasteiger partial charge in [0.1, 0.15) is 0 Å². The van der Waals surface area contributed by atoms with Gasteiger partial charge in [0.15, 0.2) is 0 Å². The number of hydrogen-bond donors (Lipinski definition) is 0. The molecule has 0 radical (unpaired) electrons. The highest BCUT2D eigenvalue weighted by Crippen LogP contribution is 2.60. The van der Waals surface area contributed by atoms with Crippen molar-refractivity contribution in [2.24, 2.45) is 0 Å². The van der Waals surface area contributed by atoms with Crippen LogP contribution in [0.1, 0.15) is 19.5 Å². The third-order valence-electron chi connectivity index (χ3n) is 13.8. The van der Waals surface area contributed by atoms with Crippen LogP contribution in [-0.4, -0.2) is 0 Å². The minimum atomic E-state index is 1.23. The second-order valence-corrected chi connectivity index (χ2v) is 43.9. The van der Waals surface area contributed by atoms with Crippen LogP contribution in [0.2, 0.25) is 0 Å². The van der Waals surface area contributed by atoms with Gasteiger partial charge >= 0.3 is 0 Å². The monoisotopic (exact) mass is 2030 g/mol. The van der Waals surface area contributed by atoms with Gasteiger partial charge in [-0.05, 0) is 230 Å². The van der Waals surface area contributed by atoms with Gasteiger partial charge in [0.05, 0.1) is 128 Å². The fraction of sp³-hybridized carbons (Fsp3) is 0.0714. The van der Waals surface area contributed by atoms with Crippen molar-refractivity contribution in [2.45, 2.75) is 27.7 Å². The predicted molar refractivity (Wildman–Crippen MR) is 431 cm³/mol. The van der Waals surface area contributed by atoms with Crippen molar-refractivity contribution >= 4 is 451 Å². The average molecular weight is 2030 g/mol. The Morgan fingerprint density at radius 3 is 0.800 bits per heavy atom. The zero-order chi connectivity index (χ0) is 54.4. The van der Waals surface area contributed by atoms with E-state index in [0.717, 1.165) is 0 Å². The summed E-state index contributed by atoms with van der Waals surface area (Å²) in [4.78, 5) is 16.7. The molecule has 0 aliphatic carbocycles. The molecule has 0 saturated carbocycles. The first kappa shape index (κ1) is 55.6. The molecule has 18 aromatic rings. The van der Waals surface area contributed by atoms with E-state index in [4.69, 9.17) is 0 Å². The number of aryl methyl sites for hydroxylation is 4. The molecule has 0 amide bonds. The van der Waals surface area contributed by atoms with Gasteiger partial charge in [0.2, 0.25) is 0 Å². The molecule has 396 valence electrons. The van der Waals surface area contributed by atoms with Crippen molar-refractivity contribution in [3.05, 3.63) is 100 Å². The fourth-order valence-electron chi connectivity index (χ4n) is 10.3. The topological polar surface area (TPSA) is 0 Å². The molecule has 0 nitrogen and oxygen atoms in total. The van der Waals surface area contributed by atoms with E-state index in [9.17, 15) is 0 Å². The summed E-state index contributed by atoms with van der Waals surface area (Å²) in [6.45, 7) is 8.80. The van der Waals surface area contributed by atoms with Crippen LogP contribution in [-0.2, 0) is 0 Å². The number of halogens is 8. The largest absolute Gasteiger partial charge is 0.139 e. The van der Waals surface area contributed by atoms with E-state index in [-0.39, 0.29) is 0 Å². The van der Waals surface area contributed by atoms with Crippen molar-refractivity contribution < 1.29 is 0 Å². The van der Waals surface area contributed by atoms with E-state index in [2.05, 4.69) is 230 Å². The van der Waals surface area contributed by atoms with Gasteiger partial charge in [-0.1, -0.05) is 0 Å². The first-order valence-electron chi connectivity index (χ1n) is 23.7. The smallest absolute Gasteiger partial charge is 0.0618 e. The van der Waals surface area contributed by atoms with Gasteiger partial charge in [0.25, 0.3) is 0 Å². The van der Waals surface area contributed by atoms with Gasteiger partial charge in [0, 0.05) is 78.7 Å². The molecular weight excluding hydrogens is 2010 g/mol. The zero-order valence-corrected chi connectivity index (χ0v) is 68.2. The average Bonchev–Trinajstić information content (AvgIpc) is 4.44. The van der Waals surface area contributed by atoms with E-state index in [1.165, 1.54) is 206 Å². The van der Waals surface area contributed by atoms with E-state index in [1.54, 1.807) is 0 Å². The SMILES string of the molecule is Cc1cc2sc(-c3sc4c(sc5cc6c(cc54)sc4c(Br)c(-c5sc7cc(C)sc7c5Br)sc46)c3Br)c(Br)c2s1.Cc1cc2sc(-c3sc4c(sc5cc6c(cc54)sc4c(I)c(-c5sc7cc(C)sc7c5I)sc46)c3I)c(I)c2s1. The van der Waals surface area contributed by atoms with E-state index < -0.39 is 0 Å². The fourth-order valence-corrected chi connectivity index (χ4v) is 41.4. The second-order valence-electron chi connectivity index (χ2n) is 18.9. The molecule has 80 heavy (non-hydrogen) atoms. The molecule has 0 fully saturated rings. The second kappa shape index (κ2) is 20.6. The lowest BCUT2D eigenvalue weighted by Gasteiger charge is -1.98. The van der Waals surface area contributed by atoms with Crippen LogP contribution < -0.4 is 0 Å². The first-order valence-corrected chi connectivity index (χ1v) is 44.2.